The molecule has 108 valence electrons. The van der Waals surface area contributed by atoms with E-state index in [0.717, 1.165) is 38.0 Å². The van der Waals surface area contributed by atoms with E-state index in [2.05, 4.69) is 9.97 Å². The predicted octanol–water partition coefficient (Wildman–Crippen LogP) is 0.767. The number of primary amides is 1. The van der Waals surface area contributed by atoms with E-state index < -0.39 is 5.91 Å². The molecule has 1 aromatic heterocycles. The Bertz CT molecular complexity index is 504. The lowest BCUT2D eigenvalue weighted by molar-refractivity contribution is -0.132. The third kappa shape index (κ3) is 3.53. The zero-order valence-corrected chi connectivity index (χ0v) is 11.7. The van der Waals surface area contributed by atoms with Crippen LogP contribution < -0.4 is 5.73 Å². The maximum absolute atomic E-state index is 11.7. The molecule has 1 aliphatic heterocycles. The van der Waals surface area contributed by atoms with E-state index in [-0.39, 0.29) is 11.6 Å². The molecule has 1 unspecified atom stereocenters. The lowest BCUT2D eigenvalue weighted by atomic mass is 9.93. The molecule has 6 nitrogen and oxygen atoms in total. The quantitative estimate of drug-likeness (QED) is 0.879. The van der Waals surface area contributed by atoms with Crippen molar-refractivity contribution in [1.82, 2.24) is 14.9 Å². The van der Waals surface area contributed by atoms with Gasteiger partial charge in [0.25, 0.3) is 5.91 Å². The van der Waals surface area contributed by atoms with Gasteiger partial charge in [0.1, 0.15) is 12.0 Å². The molecule has 2 amide bonds. The van der Waals surface area contributed by atoms with Crippen molar-refractivity contribution in [3.05, 3.63) is 23.8 Å². The molecule has 1 aromatic rings. The number of aromatic nitrogens is 2. The summed E-state index contributed by atoms with van der Waals surface area (Å²) >= 11 is 0. The molecule has 1 fully saturated rings. The van der Waals surface area contributed by atoms with Crippen LogP contribution >= 0.6 is 0 Å². The summed E-state index contributed by atoms with van der Waals surface area (Å²) in [6, 6.07) is 1.64. The van der Waals surface area contributed by atoms with Gasteiger partial charge < -0.3 is 10.6 Å². The first kappa shape index (κ1) is 14.4. The van der Waals surface area contributed by atoms with Crippen LogP contribution in [0.2, 0.25) is 0 Å². The van der Waals surface area contributed by atoms with Gasteiger partial charge in [0.05, 0.1) is 0 Å². The van der Waals surface area contributed by atoms with E-state index in [1.807, 2.05) is 11.8 Å². The molecule has 0 radical (unpaired) electrons. The fourth-order valence-corrected chi connectivity index (χ4v) is 2.62. The summed E-state index contributed by atoms with van der Waals surface area (Å²) in [5.74, 6) is 0.0465. The highest BCUT2D eigenvalue weighted by Gasteiger charge is 2.23. The molecule has 20 heavy (non-hydrogen) atoms. The van der Waals surface area contributed by atoms with Gasteiger partial charge in [0, 0.05) is 25.2 Å². The fourth-order valence-electron chi connectivity index (χ4n) is 2.62. The topological polar surface area (TPSA) is 89.2 Å². The van der Waals surface area contributed by atoms with E-state index >= 15 is 0 Å². The van der Waals surface area contributed by atoms with E-state index in [4.69, 9.17) is 5.73 Å². The van der Waals surface area contributed by atoms with Gasteiger partial charge in [-0.05, 0) is 31.2 Å². The number of hydrogen-bond donors (Lipinski definition) is 1. The zero-order chi connectivity index (χ0) is 14.5. The minimum atomic E-state index is -0.542. The maximum Gasteiger partial charge on any atom is 0.267 e. The van der Waals surface area contributed by atoms with Crippen molar-refractivity contribution in [2.75, 3.05) is 13.1 Å². The van der Waals surface area contributed by atoms with Gasteiger partial charge in [-0.1, -0.05) is 6.92 Å². The maximum atomic E-state index is 11.7. The van der Waals surface area contributed by atoms with Gasteiger partial charge in [0.15, 0.2) is 0 Å². The molecule has 2 N–H and O–H groups in total. The molecule has 0 saturated carbocycles. The van der Waals surface area contributed by atoms with Crippen molar-refractivity contribution in [2.45, 2.75) is 32.6 Å². The highest BCUT2D eigenvalue weighted by molar-refractivity contribution is 5.90. The average molecular weight is 276 g/mol. The average Bonchev–Trinajstić information content (AvgIpc) is 2.47. The van der Waals surface area contributed by atoms with Crippen molar-refractivity contribution in [3.63, 3.8) is 0 Å². The number of likely N-dealkylation sites (tertiary alicyclic amines) is 1. The second kappa shape index (κ2) is 6.45. The highest BCUT2D eigenvalue weighted by atomic mass is 16.2. The van der Waals surface area contributed by atoms with Crippen LogP contribution in [0, 0.1) is 5.92 Å². The van der Waals surface area contributed by atoms with Crippen LogP contribution in [0.4, 0.5) is 0 Å². The first-order chi connectivity index (χ1) is 9.60. The molecule has 0 spiro atoms. The number of nitrogens with two attached hydrogens (primary N) is 1. The van der Waals surface area contributed by atoms with Crippen molar-refractivity contribution in [3.8, 4) is 0 Å². The highest BCUT2D eigenvalue weighted by Crippen LogP contribution is 2.20. The molecule has 0 aliphatic carbocycles. The van der Waals surface area contributed by atoms with Gasteiger partial charge in [0.2, 0.25) is 5.91 Å². The standard InChI is InChI=1S/C14H20N4O2/c1-2-13(19)18-5-3-4-10(8-18)6-11-7-12(14(15)20)17-9-16-11/h7,9-10H,2-6,8H2,1H3,(H2,15,20). The summed E-state index contributed by atoms with van der Waals surface area (Å²) in [6.07, 6.45) is 4.75. The summed E-state index contributed by atoms with van der Waals surface area (Å²) in [5.41, 5.74) is 6.27. The number of rotatable bonds is 4. The number of carbonyl (C=O) groups excluding carboxylic acids is 2. The van der Waals surface area contributed by atoms with Gasteiger partial charge >= 0.3 is 0 Å². The van der Waals surface area contributed by atoms with Crippen LogP contribution in [-0.4, -0.2) is 39.8 Å². The molecule has 0 bridgehead atoms. The van der Waals surface area contributed by atoms with Gasteiger partial charge in [-0.2, -0.15) is 0 Å². The fraction of sp³-hybridized carbons (Fsp3) is 0.571. The first-order valence-electron chi connectivity index (χ1n) is 6.98. The van der Waals surface area contributed by atoms with Gasteiger partial charge in [-0.3, -0.25) is 9.59 Å². The van der Waals surface area contributed by atoms with E-state index in [1.165, 1.54) is 6.33 Å². The normalized spacial score (nSPS) is 18.9. The number of piperidine rings is 1. The zero-order valence-electron chi connectivity index (χ0n) is 11.7. The molecule has 1 atom stereocenters. The number of hydrogen-bond acceptors (Lipinski definition) is 4. The molecular weight excluding hydrogens is 256 g/mol. The number of carbonyl (C=O) groups is 2. The Balaban J connectivity index is 2.00. The Morgan fingerprint density at radius 1 is 1.45 bits per heavy atom. The lowest BCUT2D eigenvalue weighted by Gasteiger charge is -2.32. The van der Waals surface area contributed by atoms with Crippen molar-refractivity contribution in [2.24, 2.45) is 11.7 Å². The van der Waals surface area contributed by atoms with Crippen LogP contribution in [0.3, 0.4) is 0 Å². The van der Waals surface area contributed by atoms with Crippen LogP contribution in [0.1, 0.15) is 42.4 Å². The van der Waals surface area contributed by atoms with E-state index in [0.29, 0.717) is 12.3 Å². The minimum Gasteiger partial charge on any atom is -0.364 e. The summed E-state index contributed by atoms with van der Waals surface area (Å²) in [5, 5.41) is 0. The van der Waals surface area contributed by atoms with Crippen molar-refractivity contribution in [1.29, 1.82) is 0 Å². The summed E-state index contributed by atoms with van der Waals surface area (Å²) in [7, 11) is 0. The molecular formula is C14H20N4O2. The Morgan fingerprint density at radius 2 is 2.25 bits per heavy atom. The van der Waals surface area contributed by atoms with E-state index in [1.54, 1.807) is 6.07 Å². The molecule has 6 heteroatoms. The van der Waals surface area contributed by atoms with Crippen LogP contribution in [0.25, 0.3) is 0 Å². The molecule has 1 saturated heterocycles. The Morgan fingerprint density at radius 3 is 2.95 bits per heavy atom. The summed E-state index contributed by atoms with van der Waals surface area (Å²) in [6.45, 7) is 3.50. The predicted molar refractivity (Wildman–Crippen MR) is 73.8 cm³/mol. The monoisotopic (exact) mass is 276 g/mol. The Hall–Kier alpha value is -1.98. The largest absolute Gasteiger partial charge is 0.364 e. The summed E-state index contributed by atoms with van der Waals surface area (Å²) < 4.78 is 0. The van der Waals surface area contributed by atoms with Crippen molar-refractivity contribution >= 4 is 11.8 Å². The molecule has 2 rings (SSSR count). The van der Waals surface area contributed by atoms with Crippen LogP contribution in [0.15, 0.2) is 12.4 Å². The first-order valence-corrected chi connectivity index (χ1v) is 6.98. The molecule has 1 aliphatic rings. The lowest BCUT2D eigenvalue weighted by Crippen LogP contribution is -2.40. The van der Waals surface area contributed by atoms with Crippen LogP contribution in [-0.2, 0) is 11.2 Å². The third-order valence-corrected chi connectivity index (χ3v) is 3.65. The van der Waals surface area contributed by atoms with Gasteiger partial charge in [-0.25, -0.2) is 9.97 Å². The van der Waals surface area contributed by atoms with E-state index in [9.17, 15) is 9.59 Å². The Kier molecular flexibility index (Phi) is 4.65. The second-order valence-corrected chi connectivity index (χ2v) is 5.16. The minimum absolute atomic E-state index is 0.204. The number of nitrogens with zero attached hydrogens (tertiary/aromatic N) is 3. The Labute approximate surface area is 118 Å². The third-order valence-electron chi connectivity index (χ3n) is 3.65. The smallest absolute Gasteiger partial charge is 0.267 e. The molecule has 0 aromatic carbocycles. The van der Waals surface area contributed by atoms with Gasteiger partial charge in [-0.15, -0.1) is 0 Å². The number of amides is 2. The second-order valence-electron chi connectivity index (χ2n) is 5.16. The SMILES string of the molecule is CCC(=O)N1CCCC(Cc2cc(C(N)=O)ncn2)C1. The van der Waals surface area contributed by atoms with Crippen LogP contribution in [0.5, 0.6) is 0 Å². The molecule has 2 heterocycles. The van der Waals surface area contributed by atoms with Crippen molar-refractivity contribution < 1.29 is 9.59 Å². The summed E-state index contributed by atoms with van der Waals surface area (Å²) in [4.78, 5) is 32.8.